The van der Waals surface area contributed by atoms with Crippen LogP contribution in [0.2, 0.25) is 0 Å². The number of likely N-dealkylation sites (tertiary alicyclic amines) is 1. The summed E-state index contributed by atoms with van der Waals surface area (Å²) in [6.07, 6.45) is 3.45. The highest BCUT2D eigenvalue weighted by Gasteiger charge is 2.25. The van der Waals surface area contributed by atoms with Gasteiger partial charge in [-0.2, -0.15) is 4.98 Å². The van der Waals surface area contributed by atoms with Crippen molar-refractivity contribution >= 4 is 21.8 Å². The molecule has 1 N–H and O–H groups in total. The van der Waals surface area contributed by atoms with E-state index in [9.17, 15) is 4.79 Å². The van der Waals surface area contributed by atoms with Crippen molar-refractivity contribution in [3.8, 4) is 17.1 Å². The topological polar surface area (TPSA) is 80.5 Å². The fourth-order valence-electron chi connectivity index (χ4n) is 4.15. The van der Waals surface area contributed by atoms with Crippen LogP contribution in [0.15, 0.2) is 57.5 Å². The van der Waals surface area contributed by atoms with Gasteiger partial charge in [0.1, 0.15) is 5.75 Å². The van der Waals surface area contributed by atoms with Crippen molar-refractivity contribution in [1.82, 2.24) is 20.4 Å². The maximum absolute atomic E-state index is 12.6. The van der Waals surface area contributed by atoms with E-state index < -0.39 is 0 Å². The second-order valence-electron chi connectivity index (χ2n) is 8.28. The van der Waals surface area contributed by atoms with Crippen LogP contribution in [0.4, 0.5) is 0 Å². The minimum atomic E-state index is 0.0624. The lowest BCUT2D eigenvalue weighted by Crippen LogP contribution is -2.40. The first-order valence-corrected chi connectivity index (χ1v) is 12.1. The zero-order valence-corrected chi connectivity index (χ0v) is 20.4. The molecule has 1 aromatic heterocycles. The van der Waals surface area contributed by atoms with Gasteiger partial charge >= 0.3 is 0 Å². The Morgan fingerprint density at radius 3 is 2.82 bits per heavy atom. The molecule has 4 rings (SSSR count). The number of nitrogens with one attached hydrogen (secondary N) is 1. The molecular formula is C25H29BrN4O3. The third-order valence-electron chi connectivity index (χ3n) is 5.98. The molecule has 0 unspecified atom stereocenters. The first kappa shape index (κ1) is 23.4. The van der Waals surface area contributed by atoms with E-state index in [2.05, 4.69) is 42.4 Å². The highest BCUT2D eigenvalue weighted by molar-refractivity contribution is 9.10. The number of piperidine rings is 1. The first-order chi connectivity index (χ1) is 16.1. The summed E-state index contributed by atoms with van der Waals surface area (Å²) >= 11 is 3.47. The van der Waals surface area contributed by atoms with Crippen LogP contribution in [0.25, 0.3) is 11.4 Å². The van der Waals surface area contributed by atoms with E-state index in [4.69, 9.17) is 9.26 Å². The van der Waals surface area contributed by atoms with E-state index in [0.29, 0.717) is 24.8 Å². The SMILES string of the molecule is COc1ccccc1CCCNC(=O)C1CCN(Cc2nc(-c3cccc(Br)c3)no2)CC1. The molecule has 0 spiro atoms. The van der Waals surface area contributed by atoms with E-state index in [0.717, 1.165) is 54.6 Å². The summed E-state index contributed by atoms with van der Waals surface area (Å²) in [5.41, 5.74) is 2.09. The lowest BCUT2D eigenvalue weighted by molar-refractivity contribution is -0.126. The number of aryl methyl sites for hydroxylation is 1. The lowest BCUT2D eigenvalue weighted by atomic mass is 9.96. The summed E-state index contributed by atoms with van der Waals surface area (Å²) in [7, 11) is 1.69. The number of hydrogen-bond donors (Lipinski definition) is 1. The van der Waals surface area contributed by atoms with E-state index in [1.54, 1.807) is 7.11 Å². The minimum absolute atomic E-state index is 0.0624. The standard InChI is InChI=1S/C25H29BrN4O3/c1-32-22-10-3-2-6-18(22)8-5-13-27-25(31)19-11-14-30(15-12-19)17-23-28-24(29-33-23)20-7-4-9-21(26)16-20/h2-4,6-7,9-10,16,19H,5,8,11-15,17H2,1H3,(H,27,31). The van der Waals surface area contributed by atoms with Crippen LogP contribution in [-0.2, 0) is 17.8 Å². The monoisotopic (exact) mass is 512 g/mol. The zero-order valence-electron chi connectivity index (χ0n) is 18.8. The number of carbonyl (C=O) groups excluding carboxylic acids is 1. The molecule has 33 heavy (non-hydrogen) atoms. The minimum Gasteiger partial charge on any atom is -0.496 e. The van der Waals surface area contributed by atoms with Crippen molar-refractivity contribution in [2.24, 2.45) is 5.92 Å². The van der Waals surface area contributed by atoms with Gasteiger partial charge in [-0.05, 0) is 62.5 Å². The Morgan fingerprint density at radius 2 is 2.03 bits per heavy atom. The van der Waals surface area contributed by atoms with Gasteiger partial charge in [-0.3, -0.25) is 9.69 Å². The molecule has 8 heteroatoms. The quantitative estimate of drug-likeness (QED) is 0.426. The molecule has 174 valence electrons. The molecule has 3 aromatic rings. The second-order valence-corrected chi connectivity index (χ2v) is 9.19. The number of halogens is 1. The number of rotatable bonds is 9. The molecule has 1 amide bonds. The van der Waals surface area contributed by atoms with Gasteiger partial charge in [0.15, 0.2) is 0 Å². The number of para-hydroxylation sites is 1. The molecular weight excluding hydrogens is 484 g/mol. The van der Waals surface area contributed by atoms with Gasteiger partial charge in [-0.25, -0.2) is 0 Å². The molecule has 1 aliphatic heterocycles. The molecule has 1 saturated heterocycles. The second kappa shape index (κ2) is 11.4. The maximum atomic E-state index is 12.6. The molecule has 2 heterocycles. The number of methoxy groups -OCH3 is 1. The molecule has 0 saturated carbocycles. The average Bonchev–Trinajstić information content (AvgIpc) is 3.31. The van der Waals surface area contributed by atoms with Gasteiger partial charge in [0.2, 0.25) is 17.6 Å². The molecule has 7 nitrogen and oxygen atoms in total. The molecule has 1 fully saturated rings. The Balaban J connectivity index is 1.18. The number of hydrogen-bond acceptors (Lipinski definition) is 6. The largest absolute Gasteiger partial charge is 0.496 e. The van der Waals surface area contributed by atoms with Crippen LogP contribution >= 0.6 is 15.9 Å². The van der Waals surface area contributed by atoms with Gasteiger partial charge < -0.3 is 14.6 Å². The summed E-state index contributed by atoms with van der Waals surface area (Å²) in [5.74, 6) is 2.32. The number of ether oxygens (including phenoxy) is 1. The Hall–Kier alpha value is -2.71. The molecule has 2 aromatic carbocycles. The van der Waals surface area contributed by atoms with Crippen molar-refractivity contribution in [3.63, 3.8) is 0 Å². The Kier molecular flexibility index (Phi) is 8.12. The lowest BCUT2D eigenvalue weighted by Gasteiger charge is -2.30. The Bertz CT molecular complexity index is 1060. The normalized spacial score (nSPS) is 14.8. The van der Waals surface area contributed by atoms with E-state index in [-0.39, 0.29) is 11.8 Å². The van der Waals surface area contributed by atoms with E-state index >= 15 is 0 Å². The van der Waals surface area contributed by atoms with Crippen molar-refractivity contribution in [2.75, 3.05) is 26.7 Å². The van der Waals surface area contributed by atoms with Crippen LogP contribution in [-0.4, -0.2) is 47.7 Å². The number of aromatic nitrogens is 2. The van der Waals surface area contributed by atoms with Crippen molar-refractivity contribution < 1.29 is 14.1 Å². The first-order valence-electron chi connectivity index (χ1n) is 11.3. The third kappa shape index (κ3) is 6.42. The smallest absolute Gasteiger partial charge is 0.241 e. The van der Waals surface area contributed by atoms with Crippen molar-refractivity contribution in [2.45, 2.75) is 32.2 Å². The predicted octanol–water partition coefficient (Wildman–Crippen LogP) is 4.47. The summed E-state index contributed by atoms with van der Waals surface area (Å²) in [5, 5.41) is 7.21. The van der Waals surface area contributed by atoms with Gasteiger partial charge in [0.05, 0.1) is 13.7 Å². The number of carbonyl (C=O) groups is 1. The summed E-state index contributed by atoms with van der Waals surface area (Å²) in [4.78, 5) is 19.4. The van der Waals surface area contributed by atoms with Gasteiger partial charge in [-0.1, -0.05) is 51.4 Å². The van der Waals surface area contributed by atoms with Gasteiger partial charge in [-0.15, -0.1) is 0 Å². The zero-order chi connectivity index (χ0) is 23.0. The van der Waals surface area contributed by atoms with Crippen LogP contribution in [0.1, 0.15) is 30.7 Å². The molecule has 0 bridgehead atoms. The Morgan fingerprint density at radius 1 is 1.21 bits per heavy atom. The van der Waals surface area contributed by atoms with Crippen LogP contribution in [0.3, 0.4) is 0 Å². The molecule has 0 aliphatic carbocycles. The summed E-state index contributed by atoms with van der Waals surface area (Å²) in [6.45, 7) is 2.97. The van der Waals surface area contributed by atoms with Crippen molar-refractivity contribution in [1.29, 1.82) is 0 Å². The fourth-order valence-corrected chi connectivity index (χ4v) is 4.55. The third-order valence-corrected chi connectivity index (χ3v) is 6.48. The number of benzene rings is 2. The van der Waals surface area contributed by atoms with Gasteiger partial charge in [0, 0.05) is 22.5 Å². The highest BCUT2D eigenvalue weighted by atomic mass is 79.9. The van der Waals surface area contributed by atoms with E-state index in [1.165, 1.54) is 5.56 Å². The fraction of sp³-hybridized carbons (Fsp3) is 0.400. The summed E-state index contributed by atoms with van der Waals surface area (Å²) < 4.78 is 11.8. The number of nitrogens with zero attached hydrogens (tertiary/aromatic N) is 3. The molecule has 0 radical (unpaired) electrons. The Labute approximate surface area is 202 Å². The van der Waals surface area contributed by atoms with Gasteiger partial charge in [0.25, 0.3) is 0 Å². The highest BCUT2D eigenvalue weighted by Crippen LogP contribution is 2.23. The van der Waals surface area contributed by atoms with Crippen molar-refractivity contribution in [3.05, 3.63) is 64.5 Å². The molecule has 0 atom stereocenters. The average molecular weight is 513 g/mol. The maximum Gasteiger partial charge on any atom is 0.241 e. The predicted molar refractivity (Wildman–Crippen MR) is 130 cm³/mol. The van der Waals surface area contributed by atoms with Crippen LogP contribution in [0, 0.1) is 5.92 Å². The van der Waals surface area contributed by atoms with E-state index in [1.807, 2.05) is 42.5 Å². The van der Waals surface area contributed by atoms with Crippen LogP contribution < -0.4 is 10.1 Å². The summed E-state index contributed by atoms with van der Waals surface area (Å²) in [6, 6.07) is 15.9. The molecule has 1 aliphatic rings. The van der Waals surface area contributed by atoms with Crippen LogP contribution in [0.5, 0.6) is 5.75 Å². The number of amides is 1.